The Balaban J connectivity index is 2.59. The minimum absolute atomic E-state index is 0.191. The van der Waals surface area contributed by atoms with Crippen LogP contribution >= 0.6 is 11.6 Å². The summed E-state index contributed by atoms with van der Waals surface area (Å²) >= 11 is 5.91. The zero-order valence-corrected chi connectivity index (χ0v) is 12.4. The van der Waals surface area contributed by atoms with Crippen molar-refractivity contribution in [2.75, 3.05) is 6.54 Å². The third kappa shape index (κ3) is 3.39. The fourth-order valence-corrected chi connectivity index (χ4v) is 2.59. The lowest BCUT2D eigenvalue weighted by molar-refractivity contribution is 0.491. The number of rotatable bonds is 4. The van der Waals surface area contributed by atoms with Crippen molar-refractivity contribution in [2.45, 2.75) is 19.9 Å². The van der Waals surface area contributed by atoms with Gasteiger partial charge < -0.3 is 5.32 Å². The lowest BCUT2D eigenvalue weighted by atomic mass is 9.94. The van der Waals surface area contributed by atoms with E-state index in [1.807, 2.05) is 13.8 Å². The van der Waals surface area contributed by atoms with Gasteiger partial charge in [0.05, 0.1) is 6.04 Å². The van der Waals surface area contributed by atoms with Crippen molar-refractivity contribution in [1.82, 2.24) is 5.32 Å². The Bertz CT molecular complexity index is 635. The second kappa shape index (κ2) is 6.50. The van der Waals surface area contributed by atoms with Crippen LogP contribution in [-0.2, 0) is 0 Å². The minimum Gasteiger partial charge on any atom is -0.306 e. The highest BCUT2D eigenvalue weighted by Gasteiger charge is 2.23. The van der Waals surface area contributed by atoms with Gasteiger partial charge in [-0.3, -0.25) is 0 Å². The molecule has 1 N–H and O–H groups in total. The van der Waals surface area contributed by atoms with Gasteiger partial charge >= 0.3 is 0 Å². The van der Waals surface area contributed by atoms with Gasteiger partial charge in [-0.1, -0.05) is 24.6 Å². The first-order valence-electron chi connectivity index (χ1n) is 6.58. The molecule has 0 saturated carbocycles. The van der Waals surface area contributed by atoms with Crippen LogP contribution in [-0.4, -0.2) is 6.54 Å². The van der Waals surface area contributed by atoms with Crippen molar-refractivity contribution in [3.05, 3.63) is 69.5 Å². The van der Waals surface area contributed by atoms with Crippen molar-refractivity contribution in [2.24, 2.45) is 0 Å². The summed E-state index contributed by atoms with van der Waals surface area (Å²) in [6, 6.07) is 5.77. The molecular formula is C16H15ClF3N. The maximum atomic E-state index is 14.0. The second-order valence-corrected chi connectivity index (χ2v) is 5.21. The van der Waals surface area contributed by atoms with E-state index in [1.54, 1.807) is 18.2 Å². The molecule has 0 fully saturated rings. The van der Waals surface area contributed by atoms with Gasteiger partial charge in [0.25, 0.3) is 0 Å². The molecule has 112 valence electrons. The van der Waals surface area contributed by atoms with Crippen LogP contribution in [0.3, 0.4) is 0 Å². The van der Waals surface area contributed by atoms with E-state index >= 15 is 0 Å². The highest BCUT2D eigenvalue weighted by Crippen LogP contribution is 2.30. The number of aryl methyl sites for hydroxylation is 1. The predicted octanol–water partition coefficient (Wildman–Crippen LogP) is 4.76. The van der Waals surface area contributed by atoms with Crippen molar-refractivity contribution in [1.29, 1.82) is 0 Å². The number of hydrogen-bond acceptors (Lipinski definition) is 1. The summed E-state index contributed by atoms with van der Waals surface area (Å²) in [7, 11) is 0. The van der Waals surface area contributed by atoms with Crippen molar-refractivity contribution in [3.63, 3.8) is 0 Å². The molecule has 0 saturated heterocycles. The Labute approximate surface area is 126 Å². The van der Waals surface area contributed by atoms with Crippen LogP contribution < -0.4 is 5.32 Å². The van der Waals surface area contributed by atoms with Gasteiger partial charge in [-0.05, 0) is 36.7 Å². The summed E-state index contributed by atoms with van der Waals surface area (Å²) in [6.07, 6.45) is 0. The van der Waals surface area contributed by atoms with E-state index in [1.165, 1.54) is 0 Å². The molecule has 0 radical (unpaired) electrons. The zero-order chi connectivity index (χ0) is 15.6. The highest BCUT2D eigenvalue weighted by molar-refractivity contribution is 6.30. The molecule has 0 aliphatic heterocycles. The average Bonchev–Trinajstić information content (AvgIpc) is 2.37. The summed E-state index contributed by atoms with van der Waals surface area (Å²) < 4.78 is 41.1. The van der Waals surface area contributed by atoms with E-state index in [2.05, 4.69) is 5.32 Å². The Kier molecular flexibility index (Phi) is 4.91. The van der Waals surface area contributed by atoms with E-state index in [9.17, 15) is 13.2 Å². The molecule has 2 aromatic carbocycles. The predicted molar refractivity (Wildman–Crippen MR) is 78.0 cm³/mol. The summed E-state index contributed by atoms with van der Waals surface area (Å²) in [5.41, 5.74) is 1.31. The van der Waals surface area contributed by atoms with Gasteiger partial charge in [-0.15, -0.1) is 0 Å². The summed E-state index contributed by atoms with van der Waals surface area (Å²) in [5.74, 6) is -2.75. The molecule has 21 heavy (non-hydrogen) atoms. The van der Waals surface area contributed by atoms with Gasteiger partial charge in [0.2, 0.25) is 0 Å². The number of halogens is 4. The van der Waals surface area contributed by atoms with Gasteiger partial charge in [-0.2, -0.15) is 0 Å². The van der Waals surface area contributed by atoms with Crippen LogP contribution in [0.5, 0.6) is 0 Å². The maximum Gasteiger partial charge on any atom is 0.134 e. The number of benzene rings is 2. The second-order valence-electron chi connectivity index (χ2n) is 4.77. The van der Waals surface area contributed by atoms with E-state index in [-0.39, 0.29) is 5.56 Å². The van der Waals surface area contributed by atoms with Gasteiger partial charge in [0, 0.05) is 22.7 Å². The molecule has 1 unspecified atom stereocenters. The molecule has 0 heterocycles. The van der Waals surface area contributed by atoms with E-state index in [0.717, 1.165) is 5.56 Å². The first-order chi connectivity index (χ1) is 9.93. The lowest BCUT2D eigenvalue weighted by Gasteiger charge is -2.22. The third-order valence-corrected chi connectivity index (χ3v) is 3.52. The number of hydrogen-bond donors (Lipinski definition) is 1. The summed E-state index contributed by atoms with van der Waals surface area (Å²) in [4.78, 5) is 0. The Morgan fingerprint density at radius 1 is 1.10 bits per heavy atom. The monoisotopic (exact) mass is 313 g/mol. The molecule has 1 nitrogen and oxygen atoms in total. The van der Waals surface area contributed by atoms with Gasteiger partial charge in [-0.25, -0.2) is 13.2 Å². The van der Waals surface area contributed by atoms with Gasteiger partial charge in [0.15, 0.2) is 0 Å². The van der Waals surface area contributed by atoms with Crippen LogP contribution in [0.1, 0.15) is 29.7 Å². The minimum atomic E-state index is -0.933. The third-order valence-electron chi connectivity index (χ3n) is 3.28. The fraction of sp³-hybridized carbons (Fsp3) is 0.250. The van der Waals surface area contributed by atoms with E-state index < -0.39 is 23.5 Å². The molecule has 5 heteroatoms. The standard InChI is InChI=1S/C16H15ClF3N/c1-3-21-16(12-5-4-10(17)6-9(12)2)15-13(19)7-11(18)8-14(15)20/h4-8,16,21H,3H2,1-2H3. The normalized spacial score (nSPS) is 12.5. The highest BCUT2D eigenvalue weighted by atomic mass is 35.5. The Morgan fingerprint density at radius 2 is 1.71 bits per heavy atom. The molecule has 2 aromatic rings. The van der Waals surface area contributed by atoms with Crippen LogP contribution in [0.4, 0.5) is 13.2 Å². The van der Waals surface area contributed by atoms with Crippen LogP contribution in [0.25, 0.3) is 0 Å². The SMILES string of the molecule is CCNC(c1ccc(Cl)cc1C)c1c(F)cc(F)cc1F. The van der Waals surface area contributed by atoms with Crippen molar-refractivity contribution < 1.29 is 13.2 Å². The maximum absolute atomic E-state index is 14.0. The summed E-state index contributed by atoms with van der Waals surface area (Å²) in [6.45, 7) is 4.14. The number of nitrogens with one attached hydrogen (secondary N) is 1. The van der Waals surface area contributed by atoms with E-state index in [4.69, 9.17) is 11.6 Å². The van der Waals surface area contributed by atoms with Gasteiger partial charge in [0.1, 0.15) is 17.5 Å². The van der Waals surface area contributed by atoms with Crippen LogP contribution in [0.2, 0.25) is 5.02 Å². The smallest absolute Gasteiger partial charge is 0.134 e. The topological polar surface area (TPSA) is 12.0 Å². The molecule has 0 bridgehead atoms. The molecular weight excluding hydrogens is 299 g/mol. The molecule has 0 spiro atoms. The lowest BCUT2D eigenvalue weighted by Crippen LogP contribution is -2.25. The molecule has 0 amide bonds. The first-order valence-corrected chi connectivity index (χ1v) is 6.95. The van der Waals surface area contributed by atoms with Crippen molar-refractivity contribution >= 4 is 11.6 Å². The van der Waals surface area contributed by atoms with Crippen LogP contribution in [0, 0.1) is 24.4 Å². The van der Waals surface area contributed by atoms with E-state index in [0.29, 0.717) is 29.3 Å². The van der Waals surface area contributed by atoms with Crippen LogP contribution in [0.15, 0.2) is 30.3 Å². The average molecular weight is 314 g/mol. The molecule has 1 atom stereocenters. The Hall–Kier alpha value is -1.52. The quantitative estimate of drug-likeness (QED) is 0.857. The zero-order valence-electron chi connectivity index (χ0n) is 11.7. The molecule has 2 rings (SSSR count). The molecule has 0 aliphatic rings. The molecule has 0 aromatic heterocycles. The Morgan fingerprint density at radius 3 is 2.24 bits per heavy atom. The fourth-order valence-electron chi connectivity index (χ4n) is 2.36. The molecule has 0 aliphatic carbocycles. The largest absolute Gasteiger partial charge is 0.306 e. The van der Waals surface area contributed by atoms with Crippen molar-refractivity contribution in [3.8, 4) is 0 Å². The first kappa shape index (κ1) is 15.9. The summed E-state index contributed by atoms with van der Waals surface area (Å²) in [5, 5.41) is 3.58.